The number of carbonyl (C=O) groups excluding carboxylic acids is 1. The Morgan fingerprint density at radius 2 is 1.78 bits per heavy atom. The van der Waals surface area contributed by atoms with E-state index in [-0.39, 0.29) is 16.4 Å². The number of carbonyl (C=O) groups is 1. The molecule has 0 saturated heterocycles. The van der Waals surface area contributed by atoms with E-state index >= 15 is 0 Å². The normalized spacial score (nSPS) is 20.9. The molecule has 1 aromatic rings. The summed E-state index contributed by atoms with van der Waals surface area (Å²) in [5.74, 6) is 0.0782. The Hall–Kier alpha value is -1.61. The van der Waals surface area contributed by atoms with Gasteiger partial charge in [0.1, 0.15) is 4.75 Å². The van der Waals surface area contributed by atoms with Gasteiger partial charge < -0.3 is 5.32 Å². The summed E-state index contributed by atoms with van der Waals surface area (Å²) in [5.41, 5.74) is 1.92. The monoisotopic (exact) mass is 259 g/mol. The highest BCUT2D eigenvalue weighted by molar-refractivity contribution is 8.17. The molecule has 1 amide bonds. The Morgan fingerprint density at radius 1 is 1.17 bits per heavy atom. The third-order valence-corrected chi connectivity index (χ3v) is 5.58. The van der Waals surface area contributed by atoms with Gasteiger partial charge in [-0.2, -0.15) is 0 Å². The molecule has 0 saturated carbocycles. The molecule has 0 bridgehead atoms. The highest BCUT2D eigenvalue weighted by Gasteiger charge is 2.43. The molecule has 1 aliphatic heterocycles. The van der Waals surface area contributed by atoms with Gasteiger partial charge in [-0.1, -0.05) is 30.4 Å². The number of hydrogen-bond donors (Lipinski definition) is 1. The van der Waals surface area contributed by atoms with Crippen LogP contribution in [0.3, 0.4) is 0 Å². The topological polar surface area (TPSA) is 29.1 Å². The predicted molar refractivity (Wildman–Crippen MR) is 78.9 cm³/mol. The van der Waals surface area contributed by atoms with Crippen molar-refractivity contribution in [2.75, 3.05) is 0 Å². The second kappa shape index (κ2) is 5.36. The van der Waals surface area contributed by atoms with Crippen molar-refractivity contribution < 1.29 is 4.79 Å². The van der Waals surface area contributed by atoms with Gasteiger partial charge in [-0.25, -0.2) is 0 Å². The molecule has 1 unspecified atom stereocenters. The minimum absolute atomic E-state index is 0.0782. The van der Waals surface area contributed by atoms with E-state index in [9.17, 15) is 4.79 Å². The van der Waals surface area contributed by atoms with Gasteiger partial charge in [-0.05, 0) is 25.0 Å². The smallest absolute Gasteiger partial charge is 0.241 e. The van der Waals surface area contributed by atoms with Crippen molar-refractivity contribution in [3.8, 4) is 0 Å². The molecule has 2 rings (SSSR count). The van der Waals surface area contributed by atoms with Crippen LogP contribution in [0.15, 0.2) is 60.5 Å². The summed E-state index contributed by atoms with van der Waals surface area (Å²) in [6.07, 6.45) is 4.98. The lowest BCUT2D eigenvalue weighted by molar-refractivity contribution is -0.121. The van der Waals surface area contributed by atoms with Crippen molar-refractivity contribution in [3.63, 3.8) is 0 Å². The number of amides is 1. The quantitative estimate of drug-likeness (QED) is 0.639. The molecule has 1 aliphatic rings. The fourth-order valence-corrected chi connectivity index (χ4v) is 4.57. The summed E-state index contributed by atoms with van der Waals surface area (Å²) >= 11 is 0. The Morgan fingerprint density at radius 3 is 2.33 bits per heavy atom. The van der Waals surface area contributed by atoms with Crippen LogP contribution >= 0.6 is 10.5 Å². The van der Waals surface area contributed by atoms with Crippen molar-refractivity contribution in [1.82, 2.24) is 5.32 Å². The SMILES string of the molecule is C=CCC1(CC=C)C(=O)NC=S1c1ccccc1. The first-order valence-electron chi connectivity index (χ1n) is 5.89. The van der Waals surface area contributed by atoms with Crippen LogP contribution in [0.1, 0.15) is 12.8 Å². The number of allylic oxidation sites excluding steroid dienone is 2. The van der Waals surface area contributed by atoms with Gasteiger partial charge in [-0.3, -0.25) is 4.79 Å². The lowest BCUT2D eigenvalue weighted by Crippen LogP contribution is -2.38. The first-order valence-corrected chi connectivity index (χ1v) is 7.18. The maximum Gasteiger partial charge on any atom is 0.241 e. The fraction of sp³-hybridized carbons (Fsp3) is 0.200. The Labute approximate surface area is 110 Å². The summed E-state index contributed by atoms with van der Waals surface area (Å²) in [6.45, 7) is 7.58. The van der Waals surface area contributed by atoms with Gasteiger partial charge in [0.2, 0.25) is 5.91 Å². The second-order valence-corrected chi connectivity index (χ2v) is 6.39. The van der Waals surface area contributed by atoms with Crippen LogP contribution in [0.2, 0.25) is 0 Å². The van der Waals surface area contributed by atoms with Crippen molar-refractivity contribution in [2.24, 2.45) is 0 Å². The molecule has 1 heterocycles. The van der Waals surface area contributed by atoms with Gasteiger partial charge >= 0.3 is 0 Å². The van der Waals surface area contributed by atoms with E-state index in [2.05, 4.69) is 30.6 Å². The lowest BCUT2D eigenvalue weighted by atomic mass is 9.99. The number of nitrogens with one attached hydrogen (secondary N) is 1. The van der Waals surface area contributed by atoms with Crippen molar-refractivity contribution >= 4 is 21.9 Å². The zero-order valence-electron chi connectivity index (χ0n) is 10.3. The van der Waals surface area contributed by atoms with E-state index in [1.807, 2.05) is 35.8 Å². The zero-order chi connectivity index (χ0) is 13.0. The fourth-order valence-electron chi connectivity index (χ4n) is 2.23. The number of benzene rings is 1. The minimum Gasteiger partial charge on any atom is -0.326 e. The summed E-state index contributed by atoms with van der Waals surface area (Å²) in [6, 6.07) is 10.1. The van der Waals surface area contributed by atoms with Crippen LogP contribution in [0.25, 0.3) is 0 Å². The van der Waals surface area contributed by atoms with Gasteiger partial charge in [0, 0.05) is 10.4 Å². The van der Waals surface area contributed by atoms with Crippen LogP contribution in [-0.2, 0) is 4.79 Å². The zero-order valence-corrected chi connectivity index (χ0v) is 11.1. The maximum atomic E-state index is 12.2. The molecule has 94 valence electrons. The van der Waals surface area contributed by atoms with E-state index in [1.54, 1.807) is 0 Å². The van der Waals surface area contributed by atoms with Crippen LogP contribution < -0.4 is 5.32 Å². The molecule has 0 radical (unpaired) electrons. The number of hydrogen-bond acceptors (Lipinski definition) is 1. The van der Waals surface area contributed by atoms with E-state index in [0.717, 1.165) is 0 Å². The van der Waals surface area contributed by atoms with Crippen molar-refractivity contribution in [1.29, 1.82) is 0 Å². The summed E-state index contributed by atoms with van der Waals surface area (Å²) in [7, 11) is -0.245. The molecule has 1 N–H and O–H groups in total. The van der Waals surface area contributed by atoms with Crippen molar-refractivity contribution in [2.45, 2.75) is 22.5 Å². The Bertz CT molecular complexity index is 494. The molecule has 2 nitrogen and oxygen atoms in total. The van der Waals surface area contributed by atoms with E-state index < -0.39 is 4.75 Å². The molecule has 18 heavy (non-hydrogen) atoms. The van der Waals surface area contributed by atoms with E-state index in [1.165, 1.54) is 4.90 Å². The largest absolute Gasteiger partial charge is 0.326 e. The average Bonchev–Trinajstić information content (AvgIpc) is 2.69. The van der Waals surface area contributed by atoms with E-state index in [4.69, 9.17) is 0 Å². The molecule has 1 atom stereocenters. The predicted octanol–water partition coefficient (Wildman–Crippen LogP) is 3.09. The molecule has 0 spiro atoms. The summed E-state index contributed by atoms with van der Waals surface area (Å²) < 4.78 is -0.440. The van der Waals surface area contributed by atoms with Crippen LogP contribution in [0, 0.1) is 0 Å². The van der Waals surface area contributed by atoms with Gasteiger partial charge in [0.25, 0.3) is 0 Å². The molecule has 0 aliphatic carbocycles. The van der Waals surface area contributed by atoms with Gasteiger partial charge in [0.15, 0.2) is 0 Å². The van der Waals surface area contributed by atoms with Gasteiger partial charge in [-0.15, -0.1) is 23.6 Å². The number of rotatable bonds is 5. The molecule has 1 aromatic carbocycles. The first kappa shape index (κ1) is 12.8. The molecule has 0 aromatic heterocycles. The summed E-state index contributed by atoms with van der Waals surface area (Å²) in [5, 5.41) is 2.88. The molecular weight excluding hydrogens is 242 g/mol. The molecular formula is C15H17NOS. The maximum absolute atomic E-state index is 12.2. The summed E-state index contributed by atoms with van der Waals surface area (Å²) in [4.78, 5) is 13.4. The highest BCUT2D eigenvalue weighted by atomic mass is 32.2. The minimum atomic E-state index is -0.440. The average molecular weight is 259 g/mol. The Kier molecular flexibility index (Phi) is 3.82. The third-order valence-electron chi connectivity index (χ3n) is 3.09. The van der Waals surface area contributed by atoms with E-state index in [0.29, 0.717) is 12.8 Å². The lowest BCUT2D eigenvalue weighted by Gasteiger charge is -2.28. The highest BCUT2D eigenvalue weighted by Crippen LogP contribution is 2.47. The second-order valence-electron chi connectivity index (χ2n) is 4.22. The first-order chi connectivity index (χ1) is 8.74. The third kappa shape index (κ3) is 2.06. The Balaban J connectivity index is 2.48. The van der Waals surface area contributed by atoms with Crippen LogP contribution in [0.5, 0.6) is 0 Å². The van der Waals surface area contributed by atoms with Gasteiger partial charge in [0.05, 0.1) is 0 Å². The molecule has 0 fully saturated rings. The molecule has 3 heteroatoms. The van der Waals surface area contributed by atoms with Crippen molar-refractivity contribution in [3.05, 3.63) is 55.6 Å². The van der Waals surface area contributed by atoms with Crippen LogP contribution in [-0.4, -0.2) is 16.1 Å². The van der Waals surface area contributed by atoms with Crippen LogP contribution in [0.4, 0.5) is 0 Å². The standard InChI is InChI=1S/C15H17NOS/c1-3-10-15(11-4-2)14(17)16-12-18(15)13-8-6-5-7-9-13/h3-9,12H,1-2,10-11H2,(H,16,17).